The SMILES string of the molecule is [CH3][Zn]([c]1ccccc1)[c]1ccccc1. The van der Waals surface area contributed by atoms with Gasteiger partial charge < -0.3 is 0 Å². The van der Waals surface area contributed by atoms with Crippen molar-refractivity contribution in [3.8, 4) is 0 Å². The third-order valence-electron chi connectivity index (χ3n) is 2.91. The van der Waals surface area contributed by atoms with Gasteiger partial charge in [0.05, 0.1) is 0 Å². The van der Waals surface area contributed by atoms with Gasteiger partial charge >= 0.3 is 90.4 Å². The Bertz CT molecular complexity index is 341. The van der Waals surface area contributed by atoms with Crippen LogP contribution in [0.1, 0.15) is 0 Å². The summed E-state index contributed by atoms with van der Waals surface area (Å²) in [6, 6.07) is 21.8. The predicted octanol–water partition coefficient (Wildman–Crippen LogP) is 2.30. The van der Waals surface area contributed by atoms with E-state index in [0.29, 0.717) is 0 Å². The molecule has 67 valence electrons. The molecule has 0 bridgehead atoms. The average Bonchev–Trinajstić information content (AvgIpc) is 2.30. The molecule has 0 heterocycles. The normalized spacial score (nSPS) is 9.79. The Morgan fingerprint density at radius 3 is 1.36 bits per heavy atom. The number of hydrogen-bond acceptors (Lipinski definition) is 0. The van der Waals surface area contributed by atoms with Crippen LogP contribution in [-0.4, -0.2) is 0 Å². The summed E-state index contributed by atoms with van der Waals surface area (Å²) in [5.41, 5.74) is 2.45. The van der Waals surface area contributed by atoms with E-state index in [0.717, 1.165) is 0 Å². The van der Waals surface area contributed by atoms with E-state index in [2.05, 4.69) is 66.2 Å². The van der Waals surface area contributed by atoms with Crippen LogP contribution in [0.25, 0.3) is 0 Å². The number of benzene rings is 2. The van der Waals surface area contributed by atoms with Crippen molar-refractivity contribution < 1.29 is 16.0 Å². The summed E-state index contributed by atoms with van der Waals surface area (Å²) in [6.07, 6.45) is 0. The van der Waals surface area contributed by atoms with E-state index in [1.807, 2.05) is 0 Å². The molecule has 2 aromatic rings. The molecule has 0 aliphatic carbocycles. The van der Waals surface area contributed by atoms with Gasteiger partial charge in [-0.05, 0) is 0 Å². The van der Waals surface area contributed by atoms with Crippen molar-refractivity contribution in [3.05, 3.63) is 60.7 Å². The van der Waals surface area contributed by atoms with Gasteiger partial charge in [0.2, 0.25) is 0 Å². The van der Waals surface area contributed by atoms with E-state index in [9.17, 15) is 0 Å². The van der Waals surface area contributed by atoms with Crippen molar-refractivity contribution in [1.29, 1.82) is 0 Å². The van der Waals surface area contributed by atoms with Crippen molar-refractivity contribution in [2.45, 2.75) is 5.52 Å². The molecular formula is C13H13Zn. The third-order valence-corrected chi connectivity index (χ3v) is 10.0. The van der Waals surface area contributed by atoms with Gasteiger partial charge in [-0.2, -0.15) is 0 Å². The number of rotatable bonds is 2. The molecular weight excluding hydrogens is 222 g/mol. The molecule has 0 aliphatic rings. The molecule has 0 unspecified atom stereocenters. The van der Waals surface area contributed by atoms with E-state index in [4.69, 9.17) is 0 Å². The maximum atomic E-state index is 2.45. The quantitative estimate of drug-likeness (QED) is 0.700. The standard InChI is InChI=1S/2C6H5.CH3.Zn/c2*1-2-4-6-5-3-1;;/h2*1-5H;1H3;. The molecule has 0 saturated heterocycles. The zero-order chi connectivity index (χ0) is 9.80. The summed E-state index contributed by atoms with van der Waals surface area (Å²) < 4.78 is 3.16. The molecule has 0 radical (unpaired) electrons. The first kappa shape index (κ1) is 9.61. The molecule has 0 amide bonds. The van der Waals surface area contributed by atoms with E-state index < -0.39 is 16.0 Å². The fraction of sp³-hybridized carbons (Fsp3) is 0.0769. The van der Waals surface area contributed by atoms with Gasteiger partial charge in [-0.25, -0.2) is 0 Å². The first-order chi connectivity index (χ1) is 6.88. The summed E-state index contributed by atoms with van der Waals surface area (Å²) in [5, 5.41) is 0. The molecule has 2 aromatic carbocycles. The van der Waals surface area contributed by atoms with E-state index in [-0.39, 0.29) is 0 Å². The van der Waals surface area contributed by atoms with Crippen LogP contribution in [-0.2, 0) is 16.0 Å². The van der Waals surface area contributed by atoms with Crippen LogP contribution >= 0.6 is 0 Å². The van der Waals surface area contributed by atoms with Gasteiger partial charge in [0.1, 0.15) is 0 Å². The number of hydrogen-bond donors (Lipinski definition) is 0. The molecule has 0 fully saturated rings. The van der Waals surface area contributed by atoms with Gasteiger partial charge in [0.25, 0.3) is 0 Å². The second kappa shape index (κ2) is 4.53. The Morgan fingerprint density at radius 1 is 0.643 bits per heavy atom. The maximum absolute atomic E-state index is 2.45. The van der Waals surface area contributed by atoms with E-state index in [1.54, 1.807) is 8.32 Å². The van der Waals surface area contributed by atoms with E-state index in [1.165, 1.54) is 0 Å². The molecule has 0 atom stereocenters. The molecule has 2 rings (SSSR count). The minimum atomic E-state index is -1.62. The van der Waals surface area contributed by atoms with Crippen molar-refractivity contribution >= 4 is 8.32 Å². The first-order valence-electron chi connectivity index (χ1n) is 5.24. The molecule has 0 aliphatic heterocycles. The monoisotopic (exact) mass is 233 g/mol. The Hall–Kier alpha value is -0.937. The molecule has 1 heteroatoms. The van der Waals surface area contributed by atoms with Gasteiger partial charge in [-0.15, -0.1) is 0 Å². The van der Waals surface area contributed by atoms with Crippen LogP contribution in [0.5, 0.6) is 0 Å². The molecule has 0 aromatic heterocycles. The van der Waals surface area contributed by atoms with Crippen LogP contribution in [0.15, 0.2) is 60.7 Å². The Balaban J connectivity index is 2.30. The van der Waals surface area contributed by atoms with Gasteiger partial charge in [-0.3, -0.25) is 0 Å². The van der Waals surface area contributed by atoms with Crippen LogP contribution < -0.4 is 8.32 Å². The summed E-state index contributed by atoms with van der Waals surface area (Å²) in [7, 11) is 0. The third kappa shape index (κ3) is 2.11. The van der Waals surface area contributed by atoms with Crippen molar-refractivity contribution in [3.63, 3.8) is 0 Å². The first-order valence-corrected chi connectivity index (χ1v) is 11.2. The fourth-order valence-corrected chi connectivity index (χ4v) is 7.00. The average molecular weight is 235 g/mol. The zero-order valence-corrected chi connectivity index (χ0v) is 11.4. The van der Waals surface area contributed by atoms with Gasteiger partial charge in [-0.1, -0.05) is 0 Å². The van der Waals surface area contributed by atoms with E-state index >= 15 is 0 Å². The van der Waals surface area contributed by atoms with Crippen LogP contribution in [0.2, 0.25) is 5.52 Å². The zero-order valence-electron chi connectivity index (χ0n) is 8.48. The van der Waals surface area contributed by atoms with Crippen LogP contribution in [0.3, 0.4) is 0 Å². The van der Waals surface area contributed by atoms with Crippen molar-refractivity contribution in [2.75, 3.05) is 0 Å². The molecule has 0 spiro atoms. The molecule has 0 N–H and O–H groups in total. The molecule has 0 nitrogen and oxygen atoms in total. The van der Waals surface area contributed by atoms with Crippen molar-refractivity contribution in [1.82, 2.24) is 0 Å². The second-order valence-corrected chi connectivity index (χ2v) is 11.0. The van der Waals surface area contributed by atoms with Crippen LogP contribution in [0, 0.1) is 0 Å². The van der Waals surface area contributed by atoms with Gasteiger partial charge in [0.15, 0.2) is 0 Å². The second-order valence-electron chi connectivity index (χ2n) is 3.86. The summed E-state index contributed by atoms with van der Waals surface area (Å²) in [4.78, 5) is 0. The van der Waals surface area contributed by atoms with Crippen LogP contribution in [0.4, 0.5) is 0 Å². The van der Waals surface area contributed by atoms with Gasteiger partial charge in [0, 0.05) is 0 Å². The summed E-state index contributed by atoms with van der Waals surface area (Å²) in [5.74, 6) is 0. The Kier molecular flexibility index (Phi) is 3.11. The Morgan fingerprint density at radius 2 is 1.00 bits per heavy atom. The minimum absolute atomic E-state index is 1.58. The molecule has 0 saturated carbocycles. The fourth-order valence-electron chi connectivity index (χ4n) is 1.90. The molecule has 14 heavy (non-hydrogen) atoms. The van der Waals surface area contributed by atoms with Crippen molar-refractivity contribution in [2.24, 2.45) is 0 Å². The predicted molar refractivity (Wildman–Crippen MR) is 58.0 cm³/mol. The summed E-state index contributed by atoms with van der Waals surface area (Å²) >= 11 is -1.62. The Labute approximate surface area is 90.5 Å². The summed E-state index contributed by atoms with van der Waals surface area (Å²) in [6.45, 7) is 0. The topological polar surface area (TPSA) is 0 Å².